The SMILES string of the molecule is CCc1ccc(NCc2cc(-c3ccccn3)n[nH]2)cc1Cl. The normalized spacial score (nSPS) is 10.6. The maximum atomic E-state index is 6.23. The van der Waals surface area contributed by atoms with E-state index < -0.39 is 0 Å². The van der Waals surface area contributed by atoms with Crippen molar-refractivity contribution in [1.29, 1.82) is 0 Å². The van der Waals surface area contributed by atoms with Crippen molar-refractivity contribution in [2.45, 2.75) is 19.9 Å². The zero-order valence-corrected chi connectivity index (χ0v) is 13.1. The second-order valence-corrected chi connectivity index (χ2v) is 5.41. The molecule has 0 saturated heterocycles. The molecule has 0 fully saturated rings. The van der Waals surface area contributed by atoms with Crippen molar-refractivity contribution in [3.05, 3.63) is 64.9 Å². The Bertz CT molecular complexity index is 752. The molecule has 1 aromatic carbocycles. The highest BCUT2D eigenvalue weighted by atomic mass is 35.5. The van der Waals surface area contributed by atoms with Gasteiger partial charge in [0.25, 0.3) is 0 Å². The number of hydrogen-bond acceptors (Lipinski definition) is 3. The first-order valence-corrected chi connectivity index (χ1v) is 7.62. The number of nitrogens with zero attached hydrogens (tertiary/aromatic N) is 2. The number of hydrogen-bond donors (Lipinski definition) is 2. The van der Waals surface area contributed by atoms with Crippen LogP contribution >= 0.6 is 11.6 Å². The van der Waals surface area contributed by atoms with Gasteiger partial charge in [-0.3, -0.25) is 10.1 Å². The molecular formula is C17H17ClN4. The third-order valence-electron chi connectivity index (χ3n) is 3.48. The standard InChI is InChI=1S/C17H17ClN4/c1-2-12-6-7-13(9-15(12)18)20-11-14-10-17(22-21-14)16-5-3-4-8-19-16/h3-10,20H,2,11H2,1H3,(H,21,22). The highest BCUT2D eigenvalue weighted by molar-refractivity contribution is 6.31. The topological polar surface area (TPSA) is 53.6 Å². The van der Waals surface area contributed by atoms with E-state index in [0.29, 0.717) is 6.54 Å². The number of pyridine rings is 1. The Balaban J connectivity index is 1.67. The van der Waals surface area contributed by atoms with Crippen LogP contribution in [0.3, 0.4) is 0 Å². The van der Waals surface area contributed by atoms with Crippen LogP contribution in [0.5, 0.6) is 0 Å². The van der Waals surface area contributed by atoms with Crippen LogP contribution in [0.2, 0.25) is 5.02 Å². The summed E-state index contributed by atoms with van der Waals surface area (Å²) in [4.78, 5) is 4.29. The van der Waals surface area contributed by atoms with Gasteiger partial charge in [0.2, 0.25) is 0 Å². The summed E-state index contributed by atoms with van der Waals surface area (Å²) in [7, 11) is 0. The van der Waals surface area contributed by atoms with Crippen LogP contribution in [0.15, 0.2) is 48.7 Å². The van der Waals surface area contributed by atoms with Crippen molar-refractivity contribution < 1.29 is 0 Å². The van der Waals surface area contributed by atoms with Gasteiger partial charge in [-0.05, 0) is 42.3 Å². The molecule has 0 radical (unpaired) electrons. The molecule has 0 atom stereocenters. The van der Waals surface area contributed by atoms with Gasteiger partial charge in [-0.25, -0.2) is 0 Å². The summed E-state index contributed by atoms with van der Waals surface area (Å²) in [6, 6.07) is 13.8. The van der Waals surface area contributed by atoms with E-state index in [1.165, 1.54) is 0 Å². The highest BCUT2D eigenvalue weighted by Crippen LogP contribution is 2.22. The molecule has 3 aromatic rings. The first-order chi connectivity index (χ1) is 10.8. The van der Waals surface area contributed by atoms with Crippen molar-refractivity contribution in [3.63, 3.8) is 0 Å². The summed E-state index contributed by atoms with van der Waals surface area (Å²) in [5.74, 6) is 0. The number of nitrogens with one attached hydrogen (secondary N) is 2. The lowest BCUT2D eigenvalue weighted by molar-refractivity contribution is 0.981. The Morgan fingerprint density at radius 1 is 1.14 bits per heavy atom. The van der Waals surface area contributed by atoms with Crippen LogP contribution in [0, 0.1) is 0 Å². The van der Waals surface area contributed by atoms with Crippen molar-refractivity contribution in [1.82, 2.24) is 15.2 Å². The average molecular weight is 313 g/mol. The largest absolute Gasteiger partial charge is 0.379 e. The minimum atomic E-state index is 0.654. The van der Waals surface area contributed by atoms with E-state index in [1.54, 1.807) is 6.20 Å². The van der Waals surface area contributed by atoms with Gasteiger partial charge in [0.1, 0.15) is 5.69 Å². The Kier molecular flexibility index (Phi) is 4.39. The molecule has 0 aliphatic rings. The average Bonchev–Trinajstić information content (AvgIpc) is 3.03. The van der Waals surface area contributed by atoms with E-state index in [-0.39, 0.29) is 0 Å². The number of aromatic nitrogens is 3. The van der Waals surface area contributed by atoms with Crippen LogP contribution in [0.4, 0.5) is 5.69 Å². The van der Waals surface area contributed by atoms with Gasteiger partial charge < -0.3 is 5.32 Å². The third kappa shape index (κ3) is 3.28. The molecule has 22 heavy (non-hydrogen) atoms. The summed E-state index contributed by atoms with van der Waals surface area (Å²) in [6.07, 6.45) is 2.70. The zero-order valence-electron chi connectivity index (χ0n) is 12.3. The lowest BCUT2D eigenvalue weighted by Crippen LogP contribution is -2.00. The summed E-state index contributed by atoms with van der Waals surface area (Å²) in [6.45, 7) is 2.75. The molecule has 112 valence electrons. The predicted molar refractivity (Wildman–Crippen MR) is 90.0 cm³/mol. The smallest absolute Gasteiger partial charge is 0.111 e. The van der Waals surface area contributed by atoms with Crippen LogP contribution in [0.1, 0.15) is 18.2 Å². The molecule has 2 N–H and O–H groups in total. The maximum absolute atomic E-state index is 6.23. The summed E-state index contributed by atoms with van der Waals surface area (Å²) in [5, 5.41) is 11.5. The molecule has 0 saturated carbocycles. The molecule has 4 nitrogen and oxygen atoms in total. The molecule has 2 heterocycles. The van der Waals surface area contributed by atoms with E-state index in [1.807, 2.05) is 36.4 Å². The lowest BCUT2D eigenvalue weighted by Gasteiger charge is -2.07. The molecule has 0 unspecified atom stereocenters. The predicted octanol–water partition coefficient (Wildman–Crippen LogP) is 4.30. The Hall–Kier alpha value is -2.33. The second-order valence-electron chi connectivity index (χ2n) is 5.01. The summed E-state index contributed by atoms with van der Waals surface area (Å²) in [5.41, 5.74) is 4.86. The van der Waals surface area contributed by atoms with Crippen LogP contribution in [-0.4, -0.2) is 15.2 Å². The van der Waals surface area contributed by atoms with Crippen molar-refractivity contribution in [3.8, 4) is 11.4 Å². The molecule has 3 rings (SSSR count). The zero-order chi connectivity index (χ0) is 15.4. The molecule has 0 bridgehead atoms. The monoisotopic (exact) mass is 312 g/mol. The van der Waals surface area contributed by atoms with E-state index in [4.69, 9.17) is 11.6 Å². The van der Waals surface area contributed by atoms with E-state index in [2.05, 4.69) is 33.5 Å². The number of halogens is 1. The summed E-state index contributed by atoms with van der Waals surface area (Å²) < 4.78 is 0. The number of benzene rings is 1. The Morgan fingerprint density at radius 3 is 2.77 bits per heavy atom. The molecule has 0 aliphatic carbocycles. The number of H-pyrrole nitrogens is 1. The first-order valence-electron chi connectivity index (χ1n) is 7.24. The van der Waals surface area contributed by atoms with Gasteiger partial charge in [0.15, 0.2) is 0 Å². The first kappa shape index (κ1) is 14.6. The van der Waals surface area contributed by atoms with Crippen LogP contribution in [-0.2, 0) is 13.0 Å². The van der Waals surface area contributed by atoms with Gasteiger partial charge in [-0.15, -0.1) is 0 Å². The number of aromatic amines is 1. The van der Waals surface area contributed by atoms with Gasteiger partial charge in [0.05, 0.1) is 17.9 Å². The molecular weight excluding hydrogens is 296 g/mol. The van der Waals surface area contributed by atoms with Crippen LogP contribution in [0.25, 0.3) is 11.4 Å². The van der Waals surface area contributed by atoms with Gasteiger partial charge in [0, 0.05) is 16.9 Å². The fourth-order valence-corrected chi connectivity index (χ4v) is 2.55. The van der Waals surface area contributed by atoms with Gasteiger partial charge in [-0.2, -0.15) is 5.10 Å². The molecule has 0 aliphatic heterocycles. The number of rotatable bonds is 5. The Labute approximate surface area is 134 Å². The fraction of sp³-hybridized carbons (Fsp3) is 0.176. The minimum absolute atomic E-state index is 0.654. The van der Waals surface area contributed by atoms with Gasteiger partial charge in [-0.1, -0.05) is 30.7 Å². The molecule has 0 spiro atoms. The molecule has 5 heteroatoms. The number of anilines is 1. The van der Waals surface area contributed by atoms with E-state index in [9.17, 15) is 0 Å². The maximum Gasteiger partial charge on any atom is 0.111 e. The minimum Gasteiger partial charge on any atom is -0.379 e. The highest BCUT2D eigenvalue weighted by Gasteiger charge is 2.05. The van der Waals surface area contributed by atoms with Crippen molar-refractivity contribution >= 4 is 17.3 Å². The number of aryl methyl sites for hydroxylation is 1. The molecule has 0 amide bonds. The summed E-state index contributed by atoms with van der Waals surface area (Å²) >= 11 is 6.23. The van der Waals surface area contributed by atoms with E-state index >= 15 is 0 Å². The van der Waals surface area contributed by atoms with Crippen molar-refractivity contribution in [2.24, 2.45) is 0 Å². The Morgan fingerprint density at radius 2 is 2.05 bits per heavy atom. The molecule has 2 aromatic heterocycles. The van der Waals surface area contributed by atoms with Crippen LogP contribution < -0.4 is 5.32 Å². The third-order valence-corrected chi connectivity index (χ3v) is 3.83. The van der Waals surface area contributed by atoms with E-state index in [0.717, 1.165) is 39.8 Å². The quantitative estimate of drug-likeness (QED) is 0.738. The lowest BCUT2D eigenvalue weighted by atomic mass is 10.1. The second kappa shape index (κ2) is 6.62. The van der Waals surface area contributed by atoms with Gasteiger partial charge >= 0.3 is 0 Å². The fourth-order valence-electron chi connectivity index (χ4n) is 2.24. The van der Waals surface area contributed by atoms with Crippen molar-refractivity contribution in [2.75, 3.05) is 5.32 Å².